The first kappa shape index (κ1) is 13.7. The Hall–Kier alpha value is -1.34. The summed E-state index contributed by atoms with van der Waals surface area (Å²) in [6.45, 7) is 0.255. The molecular weight excluding hydrogens is 249 g/mol. The van der Waals surface area contributed by atoms with E-state index in [1.54, 1.807) is 0 Å². The minimum Gasteiger partial charge on any atom is -0.491 e. The molecule has 7 heteroatoms. The maximum absolute atomic E-state index is 12.7. The molecule has 0 saturated carbocycles. The van der Waals surface area contributed by atoms with Gasteiger partial charge in [0.15, 0.2) is 0 Å². The Morgan fingerprint density at radius 3 is 2.65 bits per heavy atom. The van der Waals surface area contributed by atoms with Crippen LogP contribution in [0.1, 0.15) is 12.8 Å². The molecule has 0 aliphatic carbocycles. The van der Waals surface area contributed by atoms with Crippen molar-refractivity contribution in [2.75, 3.05) is 18.1 Å². The van der Waals surface area contributed by atoms with E-state index in [0.29, 0.717) is 18.6 Å². The number of nitrogens with two attached hydrogens (primary N) is 1. The van der Waals surface area contributed by atoms with E-state index >= 15 is 0 Å². The summed E-state index contributed by atoms with van der Waals surface area (Å²) in [7, 11) is -3.91. The second kappa shape index (κ2) is 5.83. The van der Waals surface area contributed by atoms with Crippen LogP contribution in [0.4, 0.5) is 10.1 Å². The summed E-state index contributed by atoms with van der Waals surface area (Å²) in [6, 6.07) is 3.78. The normalized spacial score (nSPS) is 11.4. The largest absolute Gasteiger partial charge is 0.491 e. The molecule has 0 aliphatic heterocycles. The maximum Gasteiger partial charge on any atom is 0.264 e. The topological polar surface area (TPSA) is 89.6 Å². The van der Waals surface area contributed by atoms with E-state index in [-0.39, 0.29) is 18.0 Å². The van der Waals surface area contributed by atoms with Gasteiger partial charge in [0, 0.05) is 6.07 Å². The number of hydrogen-bond acceptors (Lipinski definition) is 4. The molecule has 0 atom stereocenters. The Morgan fingerprint density at radius 1 is 1.35 bits per heavy atom. The van der Waals surface area contributed by atoms with Gasteiger partial charge < -0.3 is 10.5 Å². The lowest BCUT2D eigenvalue weighted by molar-refractivity contribution is 0.310. The van der Waals surface area contributed by atoms with Gasteiger partial charge in [0.2, 0.25) is 0 Å². The molecule has 0 heterocycles. The van der Waals surface area contributed by atoms with E-state index in [1.807, 2.05) is 0 Å². The van der Waals surface area contributed by atoms with Crippen LogP contribution in [0.25, 0.3) is 0 Å². The molecule has 1 aromatic rings. The third-order valence-electron chi connectivity index (χ3n) is 2.03. The second-order valence-corrected chi connectivity index (χ2v) is 5.10. The Balaban J connectivity index is 2.32. The van der Waals surface area contributed by atoms with Crippen molar-refractivity contribution in [1.82, 2.24) is 0 Å². The molecule has 0 fully saturated rings. The zero-order chi connectivity index (χ0) is 12.9. The molecule has 0 aromatic heterocycles. The minimum atomic E-state index is -3.91. The van der Waals surface area contributed by atoms with Gasteiger partial charge in [0.05, 0.1) is 18.0 Å². The maximum atomic E-state index is 12.7. The van der Waals surface area contributed by atoms with Crippen molar-refractivity contribution in [3.8, 4) is 5.75 Å². The van der Waals surface area contributed by atoms with E-state index in [9.17, 15) is 12.8 Å². The highest BCUT2D eigenvalue weighted by molar-refractivity contribution is 7.85. The summed E-state index contributed by atoms with van der Waals surface area (Å²) in [6.07, 6.45) is 0.747. The molecule has 0 amide bonds. The Kier molecular flexibility index (Phi) is 4.71. The number of anilines is 1. The van der Waals surface area contributed by atoms with Crippen LogP contribution in [0.5, 0.6) is 5.75 Å². The highest BCUT2D eigenvalue weighted by Gasteiger charge is 2.05. The highest BCUT2D eigenvalue weighted by Crippen LogP contribution is 2.21. The van der Waals surface area contributed by atoms with Gasteiger partial charge in [-0.1, -0.05) is 0 Å². The van der Waals surface area contributed by atoms with Gasteiger partial charge in [-0.05, 0) is 25.0 Å². The lowest BCUT2D eigenvalue weighted by atomic mass is 10.3. The van der Waals surface area contributed by atoms with E-state index < -0.39 is 15.9 Å². The van der Waals surface area contributed by atoms with Crippen molar-refractivity contribution in [1.29, 1.82) is 0 Å². The van der Waals surface area contributed by atoms with Crippen molar-refractivity contribution in [2.45, 2.75) is 12.8 Å². The summed E-state index contributed by atoms with van der Waals surface area (Å²) < 4.78 is 47.2. The number of hydrogen-bond donors (Lipinski definition) is 2. The summed E-state index contributed by atoms with van der Waals surface area (Å²) in [5.74, 6) is -0.380. The van der Waals surface area contributed by atoms with Crippen molar-refractivity contribution in [2.24, 2.45) is 0 Å². The number of unbranched alkanes of at least 4 members (excludes halogenated alkanes) is 1. The first-order valence-electron chi connectivity index (χ1n) is 5.01. The van der Waals surface area contributed by atoms with Crippen LogP contribution in [0.2, 0.25) is 0 Å². The van der Waals surface area contributed by atoms with Crippen LogP contribution in [0.3, 0.4) is 0 Å². The molecule has 96 valence electrons. The van der Waals surface area contributed by atoms with Crippen LogP contribution < -0.4 is 10.5 Å². The van der Waals surface area contributed by atoms with Crippen molar-refractivity contribution < 1.29 is 22.1 Å². The molecule has 0 aliphatic rings. The molecule has 1 rings (SSSR count). The lowest BCUT2D eigenvalue weighted by Crippen LogP contribution is -2.06. The highest BCUT2D eigenvalue weighted by atomic mass is 32.2. The lowest BCUT2D eigenvalue weighted by Gasteiger charge is -2.08. The molecule has 1 aromatic carbocycles. The van der Waals surface area contributed by atoms with Gasteiger partial charge in [-0.2, -0.15) is 8.42 Å². The molecular formula is C10H14FNO4S. The van der Waals surface area contributed by atoms with Crippen LogP contribution in [0.15, 0.2) is 18.2 Å². The van der Waals surface area contributed by atoms with Crippen LogP contribution >= 0.6 is 0 Å². The third kappa shape index (κ3) is 5.50. The molecule has 0 saturated heterocycles. The van der Waals surface area contributed by atoms with Crippen LogP contribution in [-0.2, 0) is 10.1 Å². The molecule has 5 nitrogen and oxygen atoms in total. The van der Waals surface area contributed by atoms with E-state index in [1.165, 1.54) is 12.1 Å². The number of nitrogen functional groups attached to an aromatic ring is 1. The predicted octanol–water partition coefficient (Wildman–Crippen LogP) is 1.45. The number of benzene rings is 1. The summed E-state index contributed by atoms with van der Waals surface area (Å²) in [5, 5.41) is 0. The van der Waals surface area contributed by atoms with E-state index in [2.05, 4.69) is 0 Å². The van der Waals surface area contributed by atoms with Crippen LogP contribution in [-0.4, -0.2) is 25.3 Å². The fourth-order valence-electron chi connectivity index (χ4n) is 1.22. The van der Waals surface area contributed by atoms with Crippen LogP contribution in [0, 0.1) is 5.82 Å². The summed E-state index contributed by atoms with van der Waals surface area (Å²) in [5.41, 5.74) is 5.70. The summed E-state index contributed by atoms with van der Waals surface area (Å²) in [4.78, 5) is 0. The SMILES string of the molecule is Nc1cc(F)ccc1OCCCCS(=O)(=O)O. The molecule has 0 radical (unpaired) electrons. The summed E-state index contributed by atoms with van der Waals surface area (Å²) >= 11 is 0. The van der Waals surface area contributed by atoms with E-state index in [0.717, 1.165) is 6.07 Å². The number of ether oxygens (including phenoxy) is 1. The first-order valence-corrected chi connectivity index (χ1v) is 6.62. The molecule has 17 heavy (non-hydrogen) atoms. The zero-order valence-corrected chi connectivity index (χ0v) is 9.91. The average molecular weight is 263 g/mol. The fraction of sp³-hybridized carbons (Fsp3) is 0.400. The predicted molar refractivity (Wildman–Crippen MR) is 62.0 cm³/mol. The van der Waals surface area contributed by atoms with Gasteiger partial charge in [-0.3, -0.25) is 4.55 Å². The monoisotopic (exact) mass is 263 g/mol. The second-order valence-electron chi connectivity index (χ2n) is 3.52. The Bertz CT molecular complexity index is 475. The standard InChI is InChI=1S/C10H14FNO4S/c11-8-3-4-10(9(12)7-8)16-5-1-2-6-17(13,14)15/h3-4,7H,1-2,5-6,12H2,(H,13,14,15). The van der Waals surface area contributed by atoms with Gasteiger partial charge in [0.25, 0.3) is 10.1 Å². The zero-order valence-electron chi connectivity index (χ0n) is 9.10. The first-order chi connectivity index (χ1) is 7.88. The Labute approximate surface area is 99.1 Å². The van der Waals surface area contributed by atoms with E-state index in [4.69, 9.17) is 15.0 Å². The van der Waals surface area contributed by atoms with Gasteiger partial charge in [-0.25, -0.2) is 4.39 Å². The van der Waals surface area contributed by atoms with Gasteiger partial charge in [0.1, 0.15) is 11.6 Å². The smallest absolute Gasteiger partial charge is 0.264 e. The fourth-order valence-corrected chi connectivity index (χ4v) is 1.79. The van der Waals surface area contributed by atoms with Crippen molar-refractivity contribution >= 4 is 15.8 Å². The molecule has 0 bridgehead atoms. The minimum absolute atomic E-state index is 0.194. The average Bonchev–Trinajstić information content (AvgIpc) is 2.18. The van der Waals surface area contributed by atoms with Gasteiger partial charge in [-0.15, -0.1) is 0 Å². The molecule has 0 spiro atoms. The van der Waals surface area contributed by atoms with Gasteiger partial charge >= 0.3 is 0 Å². The number of rotatable bonds is 6. The van der Waals surface area contributed by atoms with Crippen molar-refractivity contribution in [3.05, 3.63) is 24.0 Å². The Morgan fingerprint density at radius 2 is 2.06 bits per heavy atom. The quantitative estimate of drug-likeness (QED) is 0.460. The molecule has 0 unspecified atom stereocenters. The van der Waals surface area contributed by atoms with Crippen molar-refractivity contribution in [3.63, 3.8) is 0 Å². The third-order valence-corrected chi connectivity index (χ3v) is 2.83. The molecule has 3 N–H and O–H groups in total. The number of halogens is 1.